The van der Waals surface area contributed by atoms with Gasteiger partial charge in [-0.25, -0.2) is 5.01 Å². The molecule has 5 rings (SSSR count). The van der Waals surface area contributed by atoms with Crippen molar-refractivity contribution in [1.29, 1.82) is 0 Å². The van der Waals surface area contributed by atoms with Crippen LogP contribution in [0.1, 0.15) is 23.6 Å². The molecule has 1 heterocycles. The van der Waals surface area contributed by atoms with E-state index in [1.807, 2.05) is 91.9 Å². The second-order valence-electron chi connectivity index (χ2n) is 8.07. The number of hydrogen-bond donors (Lipinski definition) is 0. The molecule has 4 aromatic carbocycles. The van der Waals surface area contributed by atoms with Crippen LogP contribution in [-0.2, 0) is 10.2 Å². The number of carbonyl (C=O) groups is 1. The van der Waals surface area contributed by atoms with Gasteiger partial charge in [0, 0.05) is 0 Å². The molecule has 0 N–H and O–H groups in total. The molecule has 3 nitrogen and oxygen atoms in total. The Morgan fingerprint density at radius 3 is 1.41 bits per heavy atom. The van der Waals surface area contributed by atoms with Gasteiger partial charge in [0.2, 0.25) is 0 Å². The monoisotopic (exact) mass is 416 g/mol. The number of hydrazone groups is 1. The second-order valence-corrected chi connectivity index (χ2v) is 8.07. The minimum atomic E-state index is -0.710. The summed E-state index contributed by atoms with van der Waals surface area (Å²) in [5.41, 5.74) is 4.08. The third-order valence-electron chi connectivity index (χ3n) is 6.25. The zero-order valence-electron chi connectivity index (χ0n) is 17.9. The summed E-state index contributed by atoms with van der Waals surface area (Å²) < 4.78 is 0. The van der Waals surface area contributed by atoms with Crippen molar-refractivity contribution in [2.45, 2.75) is 12.3 Å². The van der Waals surface area contributed by atoms with Gasteiger partial charge in [-0.3, -0.25) is 4.79 Å². The molecule has 0 fully saturated rings. The maximum atomic E-state index is 14.1. The molecule has 4 aromatic rings. The van der Waals surface area contributed by atoms with Crippen LogP contribution < -0.4 is 5.01 Å². The largest absolute Gasteiger partial charge is 0.272 e. The number of nitrogens with zero attached hydrogens (tertiary/aromatic N) is 2. The molecule has 32 heavy (non-hydrogen) atoms. The van der Waals surface area contributed by atoms with Gasteiger partial charge < -0.3 is 0 Å². The average Bonchev–Trinajstić information content (AvgIpc) is 3.17. The van der Waals surface area contributed by atoms with E-state index in [1.165, 1.54) is 0 Å². The second kappa shape index (κ2) is 8.27. The number of carbonyl (C=O) groups excluding carboxylic acids is 1. The maximum absolute atomic E-state index is 14.1. The summed E-state index contributed by atoms with van der Waals surface area (Å²) in [6.45, 7) is 1.97. The lowest BCUT2D eigenvalue weighted by Crippen LogP contribution is -2.46. The first kappa shape index (κ1) is 20.0. The van der Waals surface area contributed by atoms with Crippen LogP contribution in [0.3, 0.4) is 0 Å². The van der Waals surface area contributed by atoms with Gasteiger partial charge in [0.25, 0.3) is 5.91 Å². The van der Waals surface area contributed by atoms with Gasteiger partial charge in [-0.05, 0) is 35.7 Å². The molecule has 0 radical (unpaired) electrons. The van der Waals surface area contributed by atoms with Gasteiger partial charge in [-0.1, -0.05) is 109 Å². The van der Waals surface area contributed by atoms with Crippen LogP contribution in [0.15, 0.2) is 126 Å². The summed E-state index contributed by atoms with van der Waals surface area (Å²) in [5.74, 6) is -0.500. The van der Waals surface area contributed by atoms with E-state index in [0.29, 0.717) is 0 Å². The van der Waals surface area contributed by atoms with Gasteiger partial charge in [-0.2, -0.15) is 5.10 Å². The molecule has 1 amide bonds. The fourth-order valence-electron chi connectivity index (χ4n) is 4.92. The molecular weight excluding hydrogens is 392 g/mol. The zero-order valence-corrected chi connectivity index (χ0v) is 17.9. The zero-order chi connectivity index (χ0) is 22.0. The summed E-state index contributed by atoms with van der Waals surface area (Å²) in [4.78, 5) is 14.1. The lowest BCUT2D eigenvalue weighted by Gasteiger charge is -2.40. The highest BCUT2D eigenvalue weighted by Gasteiger charge is 2.52. The lowest BCUT2D eigenvalue weighted by atomic mass is 9.60. The maximum Gasteiger partial charge on any atom is 0.257 e. The minimum absolute atomic E-state index is 0.0229. The lowest BCUT2D eigenvalue weighted by molar-refractivity contribution is -0.120. The van der Waals surface area contributed by atoms with E-state index >= 15 is 0 Å². The molecular formula is C29H24N2O. The molecule has 0 saturated carbocycles. The van der Waals surface area contributed by atoms with Crippen molar-refractivity contribution < 1.29 is 4.79 Å². The fraction of sp³-hybridized carbons (Fsp3) is 0.103. The molecule has 3 heteroatoms. The van der Waals surface area contributed by atoms with E-state index in [0.717, 1.165) is 28.1 Å². The number of benzene rings is 4. The smallest absolute Gasteiger partial charge is 0.257 e. The Hall–Kier alpha value is -3.98. The van der Waals surface area contributed by atoms with Crippen LogP contribution >= 0.6 is 0 Å². The minimum Gasteiger partial charge on any atom is -0.272 e. The SMILES string of the molecule is CC1=NN(c2ccccc2)C(=O)[C@H]1C(c1ccccc1)(c1ccccc1)c1ccccc1. The van der Waals surface area contributed by atoms with Crippen molar-refractivity contribution in [2.75, 3.05) is 5.01 Å². The highest BCUT2D eigenvalue weighted by atomic mass is 16.2. The van der Waals surface area contributed by atoms with Crippen LogP contribution in [0.5, 0.6) is 0 Å². The van der Waals surface area contributed by atoms with Crippen LogP contribution in [0, 0.1) is 5.92 Å². The number of para-hydroxylation sites is 1. The molecule has 1 aliphatic rings. The normalized spacial score (nSPS) is 16.2. The molecule has 0 bridgehead atoms. The van der Waals surface area contributed by atoms with Crippen molar-refractivity contribution >= 4 is 17.3 Å². The molecule has 1 atom stereocenters. The Kier molecular flexibility index (Phi) is 5.16. The first-order chi connectivity index (χ1) is 15.7. The Bertz CT molecular complexity index is 1140. The Morgan fingerprint density at radius 2 is 1.00 bits per heavy atom. The molecule has 156 valence electrons. The molecule has 0 aliphatic carbocycles. The molecule has 0 unspecified atom stereocenters. The van der Waals surface area contributed by atoms with Crippen LogP contribution in [0.25, 0.3) is 0 Å². The van der Waals surface area contributed by atoms with Crippen molar-refractivity contribution in [3.63, 3.8) is 0 Å². The Morgan fingerprint density at radius 1 is 0.625 bits per heavy atom. The van der Waals surface area contributed by atoms with Crippen molar-refractivity contribution in [2.24, 2.45) is 11.0 Å². The van der Waals surface area contributed by atoms with Gasteiger partial charge in [0.1, 0.15) is 0 Å². The van der Waals surface area contributed by atoms with E-state index in [9.17, 15) is 4.79 Å². The molecule has 0 saturated heterocycles. The Labute approximate surface area is 188 Å². The predicted octanol–water partition coefficient (Wildman–Crippen LogP) is 6.06. The number of rotatable bonds is 5. The van der Waals surface area contributed by atoms with Gasteiger partial charge in [0.15, 0.2) is 0 Å². The van der Waals surface area contributed by atoms with E-state index in [4.69, 9.17) is 5.10 Å². The van der Waals surface area contributed by atoms with Gasteiger partial charge in [0.05, 0.1) is 22.7 Å². The predicted molar refractivity (Wildman–Crippen MR) is 130 cm³/mol. The highest BCUT2D eigenvalue weighted by molar-refractivity contribution is 6.16. The van der Waals surface area contributed by atoms with Crippen LogP contribution in [0.4, 0.5) is 5.69 Å². The van der Waals surface area contributed by atoms with E-state index in [-0.39, 0.29) is 5.91 Å². The molecule has 0 spiro atoms. The summed E-state index contributed by atoms with van der Waals surface area (Å²) >= 11 is 0. The average molecular weight is 417 g/mol. The highest BCUT2D eigenvalue weighted by Crippen LogP contribution is 2.48. The van der Waals surface area contributed by atoms with Crippen molar-refractivity contribution in [3.8, 4) is 0 Å². The topological polar surface area (TPSA) is 32.7 Å². The van der Waals surface area contributed by atoms with Crippen molar-refractivity contribution in [1.82, 2.24) is 0 Å². The van der Waals surface area contributed by atoms with Crippen LogP contribution in [0.2, 0.25) is 0 Å². The van der Waals surface area contributed by atoms with E-state index < -0.39 is 11.3 Å². The Balaban J connectivity index is 1.80. The summed E-state index contributed by atoms with van der Waals surface area (Å²) in [6, 6.07) is 40.6. The standard InChI is InChI=1S/C29H24N2O/c1-22-27(28(32)31(30-22)26-20-12-5-13-21-26)29(23-14-6-2-7-15-23,24-16-8-3-9-17-24)25-18-10-4-11-19-25/h2-21,27H,1H3/t27-/m0/s1. The van der Waals surface area contributed by atoms with Crippen molar-refractivity contribution in [3.05, 3.63) is 138 Å². The van der Waals surface area contributed by atoms with E-state index in [1.54, 1.807) is 5.01 Å². The summed E-state index contributed by atoms with van der Waals surface area (Å²) in [6.07, 6.45) is 0. The quantitative estimate of drug-likeness (QED) is 0.364. The van der Waals surface area contributed by atoms with Gasteiger partial charge >= 0.3 is 0 Å². The summed E-state index contributed by atoms with van der Waals surface area (Å²) in [7, 11) is 0. The van der Waals surface area contributed by atoms with E-state index in [2.05, 4.69) is 36.4 Å². The first-order valence-corrected chi connectivity index (χ1v) is 10.8. The van der Waals surface area contributed by atoms with Crippen LogP contribution in [-0.4, -0.2) is 11.6 Å². The number of anilines is 1. The number of amides is 1. The fourth-order valence-corrected chi connectivity index (χ4v) is 4.92. The molecule has 0 aromatic heterocycles. The number of hydrogen-bond acceptors (Lipinski definition) is 2. The third kappa shape index (κ3) is 3.14. The third-order valence-corrected chi connectivity index (χ3v) is 6.25. The first-order valence-electron chi connectivity index (χ1n) is 10.8. The summed E-state index contributed by atoms with van der Waals surface area (Å²) in [5, 5.41) is 6.32. The van der Waals surface area contributed by atoms with Gasteiger partial charge in [-0.15, -0.1) is 0 Å². The molecule has 1 aliphatic heterocycles.